The van der Waals surface area contributed by atoms with Crippen molar-refractivity contribution >= 4 is 22.9 Å². The Kier molecular flexibility index (Phi) is 7.10. The van der Waals surface area contributed by atoms with Gasteiger partial charge in [0.25, 0.3) is 5.92 Å². The van der Waals surface area contributed by atoms with Gasteiger partial charge in [0.1, 0.15) is 5.82 Å². The molecule has 0 aromatic carbocycles. The number of nitrogen functional groups attached to an aromatic ring is 1. The van der Waals surface area contributed by atoms with Crippen LogP contribution in [0.25, 0.3) is 11.3 Å². The van der Waals surface area contributed by atoms with E-state index in [9.17, 15) is 8.78 Å². The molecule has 0 amide bonds. The number of pyridine rings is 3. The predicted molar refractivity (Wildman–Crippen MR) is 130 cm³/mol. The topological polar surface area (TPSA) is 83.2 Å². The fourth-order valence-corrected chi connectivity index (χ4v) is 3.32. The largest absolute Gasteiger partial charge is 0.397 e. The van der Waals surface area contributed by atoms with Crippen molar-refractivity contribution in [2.45, 2.75) is 26.7 Å². The third-order valence-corrected chi connectivity index (χ3v) is 5.23. The highest BCUT2D eigenvalue weighted by Gasteiger charge is 2.25. The van der Waals surface area contributed by atoms with Crippen molar-refractivity contribution in [2.24, 2.45) is 0 Å². The molecule has 33 heavy (non-hydrogen) atoms. The minimum Gasteiger partial charge on any atom is -0.397 e. The first-order chi connectivity index (χ1) is 15.6. The first-order valence-electron chi connectivity index (χ1n) is 10.6. The second-order valence-corrected chi connectivity index (χ2v) is 7.73. The van der Waals surface area contributed by atoms with Gasteiger partial charge in [0.05, 0.1) is 29.0 Å². The van der Waals surface area contributed by atoms with E-state index in [0.29, 0.717) is 40.8 Å². The normalized spacial score (nSPS) is 11.2. The minimum atomic E-state index is -2.99. The number of hydrogen-bond donors (Lipinski definition) is 2. The number of nitrogens with two attached hydrogens (primary N) is 1. The number of nitrogens with zero attached hydrogens (tertiary/aromatic N) is 5. The fraction of sp³-hybridized carbons (Fsp3) is 0.292. The monoisotopic (exact) mass is 453 g/mol. The van der Waals surface area contributed by atoms with Crippen molar-refractivity contribution in [1.82, 2.24) is 15.0 Å². The van der Waals surface area contributed by atoms with E-state index in [4.69, 9.17) is 10.7 Å². The van der Waals surface area contributed by atoms with Gasteiger partial charge in [-0.25, -0.2) is 13.8 Å². The Hall–Kier alpha value is -3.75. The molecular weight excluding hydrogens is 424 g/mol. The van der Waals surface area contributed by atoms with Crippen LogP contribution in [0.2, 0.25) is 0 Å². The molecule has 0 aliphatic carbocycles. The van der Waals surface area contributed by atoms with E-state index < -0.39 is 5.92 Å². The molecule has 0 bridgehead atoms. The highest BCUT2D eigenvalue weighted by molar-refractivity contribution is 5.75. The van der Waals surface area contributed by atoms with E-state index >= 15 is 0 Å². The molecule has 0 saturated carbocycles. The van der Waals surface area contributed by atoms with E-state index in [2.05, 4.69) is 26.8 Å². The molecule has 0 radical (unpaired) electrons. The van der Waals surface area contributed by atoms with Crippen LogP contribution in [-0.2, 0) is 5.92 Å². The summed E-state index contributed by atoms with van der Waals surface area (Å²) in [5.74, 6) is -1.78. The summed E-state index contributed by atoms with van der Waals surface area (Å²) in [5, 5.41) is 3.22. The molecule has 3 rings (SSSR count). The molecule has 0 unspecified atom stereocenters. The van der Waals surface area contributed by atoms with Gasteiger partial charge in [-0.1, -0.05) is 6.58 Å². The number of alkyl halides is 2. The van der Waals surface area contributed by atoms with Crippen molar-refractivity contribution < 1.29 is 8.78 Å². The van der Waals surface area contributed by atoms with Gasteiger partial charge in [-0.15, -0.1) is 0 Å². The van der Waals surface area contributed by atoms with Gasteiger partial charge in [0.2, 0.25) is 0 Å². The molecule has 0 aliphatic heterocycles. The maximum atomic E-state index is 13.9. The smallest absolute Gasteiger partial charge is 0.272 e. The lowest BCUT2D eigenvalue weighted by Crippen LogP contribution is -2.29. The quantitative estimate of drug-likeness (QED) is 0.466. The Labute approximate surface area is 193 Å². The standard InChI is InChI=1S/C24H29F2N7/c1-6-32(5)22-9-8-21(17-10-18(13-28-12-17)24(4,25)26)31-23(22)33(7-2)16(3)30-20-11-19(27)14-29-15-20/h8-15,30H,3,6-7,27H2,1-2,4-5H3. The van der Waals surface area contributed by atoms with Crippen molar-refractivity contribution in [3.8, 4) is 11.3 Å². The molecule has 3 heterocycles. The summed E-state index contributed by atoms with van der Waals surface area (Å²) in [7, 11) is 1.96. The highest BCUT2D eigenvalue weighted by Crippen LogP contribution is 2.34. The Morgan fingerprint density at radius 2 is 1.82 bits per heavy atom. The zero-order valence-electron chi connectivity index (χ0n) is 19.3. The summed E-state index contributed by atoms with van der Waals surface area (Å²) in [6.07, 6.45) is 5.92. The average molecular weight is 454 g/mol. The predicted octanol–water partition coefficient (Wildman–Crippen LogP) is 5.10. The average Bonchev–Trinajstić information content (AvgIpc) is 2.78. The van der Waals surface area contributed by atoms with Crippen molar-refractivity contribution in [3.63, 3.8) is 0 Å². The zero-order valence-corrected chi connectivity index (χ0v) is 19.3. The zero-order chi connectivity index (χ0) is 24.2. The second-order valence-electron chi connectivity index (χ2n) is 7.73. The summed E-state index contributed by atoms with van der Waals surface area (Å²) in [5.41, 5.74) is 8.83. The van der Waals surface area contributed by atoms with Gasteiger partial charge in [0, 0.05) is 56.8 Å². The maximum absolute atomic E-state index is 13.9. The number of hydrogen-bond acceptors (Lipinski definition) is 7. The van der Waals surface area contributed by atoms with E-state index in [1.807, 2.05) is 37.9 Å². The molecule has 3 aromatic rings. The van der Waals surface area contributed by atoms with Gasteiger partial charge < -0.3 is 20.9 Å². The molecule has 0 saturated heterocycles. The molecule has 0 spiro atoms. The number of aromatic nitrogens is 3. The SMILES string of the molecule is C=C(Nc1cncc(N)c1)N(CC)c1nc(-c2cncc(C(C)(F)F)c2)ccc1N(C)CC. The first-order valence-corrected chi connectivity index (χ1v) is 10.6. The Bertz CT molecular complexity index is 1130. The molecule has 0 atom stereocenters. The van der Waals surface area contributed by atoms with Crippen LogP contribution in [0.15, 0.2) is 61.5 Å². The Morgan fingerprint density at radius 3 is 2.45 bits per heavy atom. The van der Waals surface area contributed by atoms with Gasteiger partial charge in [0.15, 0.2) is 5.82 Å². The molecule has 3 aromatic heterocycles. The number of nitrogens with one attached hydrogen (secondary N) is 1. The van der Waals surface area contributed by atoms with Gasteiger partial charge >= 0.3 is 0 Å². The van der Waals surface area contributed by atoms with E-state index in [-0.39, 0.29) is 5.56 Å². The number of rotatable bonds is 9. The number of halogens is 2. The van der Waals surface area contributed by atoms with Gasteiger partial charge in [-0.3, -0.25) is 9.97 Å². The lowest BCUT2D eigenvalue weighted by molar-refractivity contribution is 0.0171. The Morgan fingerprint density at radius 1 is 1.09 bits per heavy atom. The van der Waals surface area contributed by atoms with Crippen LogP contribution in [0, 0.1) is 0 Å². The molecular formula is C24H29F2N7. The van der Waals surface area contributed by atoms with Gasteiger partial charge in [-0.05, 0) is 38.1 Å². The van der Waals surface area contributed by atoms with Crippen molar-refractivity contribution in [1.29, 1.82) is 0 Å². The first kappa shape index (κ1) is 23.9. The number of anilines is 4. The maximum Gasteiger partial charge on any atom is 0.272 e. The van der Waals surface area contributed by atoms with Gasteiger partial charge in [-0.2, -0.15) is 0 Å². The summed E-state index contributed by atoms with van der Waals surface area (Å²) < 4.78 is 27.7. The van der Waals surface area contributed by atoms with Crippen LogP contribution < -0.4 is 20.9 Å². The lowest BCUT2D eigenvalue weighted by atomic mass is 10.1. The van der Waals surface area contributed by atoms with Crippen molar-refractivity contribution in [2.75, 3.05) is 41.0 Å². The van der Waals surface area contributed by atoms with E-state index in [1.165, 1.54) is 18.5 Å². The molecule has 174 valence electrons. The van der Waals surface area contributed by atoms with Crippen molar-refractivity contribution in [3.05, 3.63) is 67.0 Å². The molecule has 7 nitrogen and oxygen atoms in total. The Balaban J connectivity index is 2.05. The second kappa shape index (κ2) is 9.81. The highest BCUT2D eigenvalue weighted by atomic mass is 19.3. The van der Waals surface area contributed by atoms with Crippen LogP contribution in [0.3, 0.4) is 0 Å². The van der Waals surface area contributed by atoms with E-state index in [1.54, 1.807) is 18.5 Å². The molecule has 0 fully saturated rings. The van der Waals surface area contributed by atoms with Crippen LogP contribution >= 0.6 is 0 Å². The summed E-state index contributed by atoms with van der Waals surface area (Å²) in [6.45, 7) is 10.4. The third-order valence-electron chi connectivity index (χ3n) is 5.23. The molecule has 9 heteroatoms. The summed E-state index contributed by atoms with van der Waals surface area (Å²) in [4.78, 5) is 16.9. The molecule has 3 N–H and O–H groups in total. The van der Waals surface area contributed by atoms with Crippen LogP contribution in [0.4, 0.5) is 31.7 Å². The summed E-state index contributed by atoms with van der Waals surface area (Å²) >= 11 is 0. The van der Waals surface area contributed by atoms with E-state index in [0.717, 1.165) is 19.2 Å². The third kappa shape index (κ3) is 5.54. The molecule has 0 aliphatic rings. The van der Waals surface area contributed by atoms with Crippen LogP contribution in [0.1, 0.15) is 26.3 Å². The minimum absolute atomic E-state index is 0.161. The lowest BCUT2D eigenvalue weighted by Gasteiger charge is -2.30. The van der Waals surface area contributed by atoms with Crippen LogP contribution in [0.5, 0.6) is 0 Å². The van der Waals surface area contributed by atoms with Crippen LogP contribution in [-0.4, -0.2) is 35.1 Å². The fourth-order valence-electron chi connectivity index (χ4n) is 3.32. The summed E-state index contributed by atoms with van der Waals surface area (Å²) in [6, 6.07) is 6.92.